The molecule has 5 nitrogen and oxygen atoms in total. The fourth-order valence-corrected chi connectivity index (χ4v) is 2.48. The number of hydrogen-bond donors (Lipinski definition) is 3. The van der Waals surface area contributed by atoms with Gasteiger partial charge < -0.3 is 20.9 Å². The first kappa shape index (κ1) is 20.6. The smallest absolute Gasteiger partial charge is 0.306 e. The maximum absolute atomic E-state index is 11.8. The molecule has 0 aliphatic heterocycles. The van der Waals surface area contributed by atoms with Crippen LogP contribution in [0.15, 0.2) is 30.3 Å². The van der Waals surface area contributed by atoms with Gasteiger partial charge in [0.15, 0.2) is 0 Å². The number of aliphatic hydroxyl groups excluding tert-OH is 1. The zero-order valence-corrected chi connectivity index (χ0v) is 15.1. The maximum Gasteiger partial charge on any atom is 0.306 e. The van der Waals surface area contributed by atoms with E-state index < -0.39 is 17.7 Å². The number of hydrogen-bond acceptors (Lipinski definition) is 5. The third-order valence-corrected chi connectivity index (χ3v) is 4.18. The van der Waals surface area contributed by atoms with Crippen molar-refractivity contribution in [1.82, 2.24) is 5.32 Å². The number of unbranched alkanes of at least 4 members (excludes halogenated alkanes) is 1. The van der Waals surface area contributed by atoms with Gasteiger partial charge in [-0.25, -0.2) is 0 Å². The first-order valence-corrected chi connectivity index (χ1v) is 8.75. The van der Waals surface area contributed by atoms with E-state index in [1.54, 1.807) is 0 Å². The van der Waals surface area contributed by atoms with E-state index in [0.29, 0.717) is 6.42 Å². The first-order chi connectivity index (χ1) is 11.4. The zero-order valence-electron chi connectivity index (χ0n) is 15.1. The monoisotopic (exact) mass is 336 g/mol. The molecule has 0 saturated carbocycles. The van der Waals surface area contributed by atoms with Gasteiger partial charge >= 0.3 is 5.97 Å². The van der Waals surface area contributed by atoms with E-state index in [4.69, 9.17) is 10.5 Å². The molecule has 0 spiro atoms. The Morgan fingerprint density at radius 1 is 1.33 bits per heavy atom. The van der Waals surface area contributed by atoms with E-state index in [9.17, 15) is 9.90 Å². The van der Waals surface area contributed by atoms with Gasteiger partial charge in [0.1, 0.15) is 6.61 Å². The summed E-state index contributed by atoms with van der Waals surface area (Å²) in [7, 11) is 0. The molecule has 0 aliphatic rings. The number of carbonyl (C=O) groups excluding carboxylic acids is 1. The first-order valence-electron chi connectivity index (χ1n) is 8.75. The number of aliphatic hydroxyl groups is 1. The van der Waals surface area contributed by atoms with E-state index in [1.165, 1.54) is 0 Å². The van der Waals surface area contributed by atoms with Crippen LogP contribution in [0.3, 0.4) is 0 Å². The number of esters is 1. The molecule has 0 heterocycles. The Bertz CT molecular complexity index is 477. The molecule has 2 atom stereocenters. The van der Waals surface area contributed by atoms with Gasteiger partial charge in [-0.15, -0.1) is 0 Å². The molecule has 1 aromatic rings. The highest BCUT2D eigenvalue weighted by molar-refractivity contribution is 5.69. The molecule has 24 heavy (non-hydrogen) atoms. The van der Waals surface area contributed by atoms with Crippen LogP contribution in [0.25, 0.3) is 0 Å². The Labute approximate surface area is 145 Å². The van der Waals surface area contributed by atoms with Gasteiger partial charge in [0.05, 0.1) is 6.10 Å². The summed E-state index contributed by atoms with van der Waals surface area (Å²) in [6.45, 7) is 7.09. The lowest BCUT2D eigenvalue weighted by molar-refractivity contribution is -0.145. The largest absolute Gasteiger partial charge is 0.461 e. The number of ether oxygens (including phenoxy) is 1. The van der Waals surface area contributed by atoms with Crippen molar-refractivity contribution < 1.29 is 14.6 Å². The molecule has 136 valence electrons. The summed E-state index contributed by atoms with van der Waals surface area (Å²) in [6, 6.07) is 9.08. The highest BCUT2D eigenvalue weighted by Crippen LogP contribution is 2.15. The molecule has 0 saturated heterocycles. The Balaban J connectivity index is 2.32. The number of benzene rings is 1. The van der Waals surface area contributed by atoms with Gasteiger partial charge in [0.25, 0.3) is 0 Å². The van der Waals surface area contributed by atoms with Gasteiger partial charge in [-0.2, -0.15) is 0 Å². The standard InChI is InChI=1S/C19H32N2O3/c1-4-5-13-21-19(2,3)18(23)16(20)11-12-17(22)24-14-15-9-7-6-8-10-15/h6-10,16,18,21,23H,4-5,11-14,20H2,1-3H3. The normalized spacial score (nSPS) is 14.2. The summed E-state index contributed by atoms with van der Waals surface area (Å²) >= 11 is 0. The summed E-state index contributed by atoms with van der Waals surface area (Å²) in [5, 5.41) is 13.8. The van der Waals surface area contributed by atoms with Crippen LogP contribution in [-0.4, -0.2) is 35.3 Å². The highest BCUT2D eigenvalue weighted by atomic mass is 16.5. The Hall–Kier alpha value is -1.43. The van der Waals surface area contributed by atoms with Crippen LogP contribution in [0.4, 0.5) is 0 Å². The lowest BCUT2D eigenvalue weighted by Gasteiger charge is -2.35. The van der Waals surface area contributed by atoms with Crippen molar-refractivity contribution in [3.63, 3.8) is 0 Å². The molecule has 0 amide bonds. The number of nitrogens with two attached hydrogens (primary N) is 1. The SMILES string of the molecule is CCCCNC(C)(C)C(O)C(N)CCC(=O)OCc1ccccc1. The Morgan fingerprint density at radius 2 is 2.00 bits per heavy atom. The van der Waals surface area contributed by atoms with Crippen molar-refractivity contribution in [3.05, 3.63) is 35.9 Å². The van der Waals surface area contributed by atoms with Crippen molar-refractivity contribution in [3.8, 4) is 0 Å². The Kier molecular flexibility index (Phi) is 8.97. The predicted molar refractivity (Wildman–Crippen MR) is 96.4 cm³/mol. The number of nitrogens with one attached hydrogen (secondary N) is 1. The van der Waals surface area contributed by atoms with E-state index in [-0.39, 0.29) is 19.0 Å². The van der Waals surface area contributed by atoms with Gasteiger partial charge in [0.2, 0.25) is 0 Å². The van der Waals surface area contributed by atoms with Crippen LogP contribution in [0, 0.1) is 0 Å². The molecular formula is C19H32N2O3. The zero-order chi connectivity index (χ0) is 18.0. The fourth-order valence-electron chi connectivity index (χ4n) is 2.48. The third kappa shape index (κ3) is 7.43. The minimum Gasteiger partial charge on any atom is -0.461 e. The van der Waals surface area contributed by atoms with Crippen LogP contribution < -0.4 is 11.1 Å². The van der Waals surface area contributed by atoms with E-state index in [0.717, 1.165) is 24.9 Å². The molecule has 0 aromatic heterocycles. The van der Waals surface area contributed by atoms with Crippen molar-refractivity contribution in [1.29, 1.82) is 0 Å². The highest BCUT2D eigenvalue weighted by Gasteiger charge is 2.31. The second-order valence-corrected chi connectivity index (χ2v) is 6.80. The Morgan fingerprint density at radius 3 is 2.62 bits per heavy atom. The molecule has 5 heteroatoms. The molecule has 0 bridgehead atoms. The molecule has 2 unspecified atom stereocenters. The summed E-state index contributed by atoms with van der Waals surface area (Å²) in [5.41, 5.74) is 6.54. The lowest BCUT2D eigenvalue weighted by Crippen LogP contribution is -2.57. The van der Waals surface area contributed by atoms with Crippen LogP contribution >= 0.6 is 0 Å². The third-order valence-electron chi connectivity index (χ3n) is 4.18. The van der Waals surface area contributed by atoms with Crippen molar-refractivity contribution >= 4 is 5.97 Å². The van der Waals surface area contributed by atoms with E-state index >= 15 is 0 Å². The second-order valence-electron chi connectivity index (χ2n) is 6.80. The molecule has 0 radical (unpaired) electrons. The van der Waals surface area contributed by atoms with Crippen LogP contribution in [0.1, 0.15) is 52.0 Å². The fraction of sp³-hybridized carbons (Fsp3) is 0.632. The maximum atomic E-state index is 11.8. The molecule has 1 rings (SSSR count). The minimum absolute atomic E-state index is 0.204. The molecule has 0 aliphatic carbocycles. The summed E-state index contributed by atoms with van der Waals surface area (Å²) < 4.78 is 5.23. The van der Waals surface area contributed by atoms with Gasteiger partial charge in [-0.1, -0.05) is 43.7 Å². The van der Waals surface area contributed by atoms with Crippen LogP contribution in [0.5, 0.6) is 0 Å². The van der Waals surface area contributed by atoms with E-state index in [2.05, 4.69) is 12.2 Å². The quantitative estimate of drug-likeness (QED) is 0.427. The predicted octanol–water partition coefficient (Wildman–Crippen LogP) is 2.37. The van der Waals surface area contributed by atoms with Crippen molar-refractivity contribution in [2.75, 3.05) is 6.54 Å². The van der Waals surface area contributed by atoms with E-state index in [1.807, 2.05) is 44.2 Å². The van der Waals surface area contributed by atoms with Crippen LogP contribution in [0.2, 0.25) is 0 Å². The van der Waals surface area contributed by atoms with Crippen molar-refractivity contribution in [2.45, 2.75) is 70.7 Å². The average molecular weight is 336 g/mol. The number of carbonyl (C=O) groups is 1. The summed E-state index contributed by atoms with van der Waals surface area (Å²) in [6.07, 6.45) is 2.02. The topological polar surface area (TPSA) is 84.6 Å². The molecule has 1 aromatic carbocycles. The van der Waals surface area contributed by atoms with Crippen LogP contribution in [-0.2, 0) is 16.1 Å². The summed E-state index contributed by atoms with van der Waals surface area (Å²) in [5.74, 6) is -0.293. The average Bonchev–Trinajstić information content (AvgIpc) is 2.58. The van der Waals surface area contributed by atoms with Crippen molar-refractivity contribution in [2.24, 2.45) is 5.73 Å². The second kappa shape index (κ2) is 10.4. The molecule has 4 N–H and O–H groups in total. The van der Waals surface area contributed by atoms with Gasteiger partial charge in [0, 0.05) is 18.0 Å². The van der Waals surface area contributed by atoms with Gasteiger partial charge in [-0.05, 0) is 38.8 Å². The molecular weight excluding hydrogens is 304 g/mol. The molecule has 0 fully saturated rings. The number of rotatable bonds is 11. The minimum atomic E-state index is -0.726. The lowest BCUT2D eigenvalue weighted by atomic mass is 9.89. The van der Waals surface area contributed by atoms with Gasteiger partial charge in [-0.3, -0.25) is 4.79 Å². The summed E-state index contributed by atoms with van der Waals surface area (Å²) in [4.78, 5) is 11.8.